The molecular formula is C14H13NO2. The highest BCUT2D eigenvalue weighted by molar-refractivity contribution is 5.89. The van der Waals surface area contributed by atoms with E-state index in [4.69, 9.17) is 4.74 Å². The van der Waals surface area contributed by atoms with Crippen LogP contribution in [0.15, 0.2) is 49.3 Å². The molecule has 1 aromatic heterocycles. The van der Waals surface area contributed by atoms with Crippen molar-refractivity contribution in [2.45, 2.75) is 6.61 Å². The van der Waals surface area contributed by atoms with Crippen LogP contribution in [0.3, 0.4) is 0 Å². The van der Waals surface area contributed by atoms with E-state index in [0.29, 0.717) is 5.56 Å². The van der Waals surface area contributed by atoms with Crippen LogP contribution >= 0.6 is 0 Å². The molecule has 1 aromatic carbocycles. The minimum atomic E-state index is -0.320. The first-order valence-electron chi connectivity index (χ1n) is 5.31. The predicted octanol–water partition coefficient (Wildman–Crippen LogP) is 3.01. The topological polar surface area (TPSA) is 42.1 Å². The molecule has 0 saturated heterocycles. The Balaban J connectivity index is 1.93. The van der Waals surface area contributed by atoms with Crippen molar-refractivity contribution in [1.82, 2.24) is 4.98 Å². The largest absolute Gasteiger partial charge is 0.457 e. The zero-order valence-electron chi connectivity index (χ0n) is 9.35. The third-order valence-corrected chi connectivity index (χ3v) is 2.42. The number of esters is 1. The summed E-state index contributed by atoms with van der Waals surface area (Å²) < 4.78 is 5.16. The van der Waals surface area contributed by atoms with Crippen LogP contribution in [0, 0.1) is 0 Å². The molecule has 2 aromatic rings. The number of nitrogens with one attached hydrogen (secondary N) is 1. The van der Waals surface area contributed by atoms with Crippen LogP contribution in [0.5, 0.6) is 0 Å². The minimum Gasteiger partial charge on any atom is -0.457 e. The lowest BCUT2D eigenvalue weighted by Crippen LogP contribution is -2.03. The third kappa shape index (κ3) is 2.84. The van der Waals surface area contributed by atoms with Crippen molar-refractivity contribution in [2.24, 2.45) is 0 Å². The Kier molecular flexibility index (Phi) is 3.40. The van der Waals surface area contributed by atoms with Crippen molar-refractivity contribution in [3.05, 3.63) is 66.0 Å². The van der Waals surface area contributed by atoms with Gasteiger partial charge in [-0.2, -0.15) is 0 Å². The first-order valence-corrected chi connectivity index (χ1v) is 5.31. The summed E-state index contributed by atoms with van der Waals surface area (Å²) in [6, 6.07) is 9.39. The molecule has 1 heterocycles. The fraction of sp³-hybridized carbons (Fsp3) is 0.0714. The molecule has 0 fully saturated rings. The smallest absolute Gasteiger partial charge is 0.340 e. The van der Waals surface area contributed by atoms with Gasteiger partial charge in [-0.3, -0.25) is 0 Å². The van der Waals surface area contributed by atoms with Crippen molar-refractivity contribution in [3.63, 3.8) is 0 Å². The minimum absolute atomic E-state index is 0.279. The summed E-state index contributed by atoms with van der Waals surface area (Å²) >= 11 is 0. The molecule has 17 heavy (non-hydrogen) atoms. The molecule has 0 amide bonds. The van der Waals surface area contributed by atoms with E-state index in [2.05, 4.69) is 11.6 Å². The molecule has 0 aliphatic rings. The van der Waals surface area contributed by atoms with Gasteiger partial charge in [0, 0.05) is 12.4 Å². The Morgan fingerprint density at radius 3 is 2.65 bits per heavy atom. The fourth-order valence-electron chi connectivity index (χ4n) is 1.43. The number of rotatable bonds is 4. The number of benzene rings is 1. The van der Waals surface area contributed by atoms with Crippen LogP contribution in [0.25, 0.3) is 6.08 Å². The average molecular weight is 227 g/mol. The number of aromatic nitrogens is 1. The highest BCUT2D eigenvalue weighted by atomic mass is 16.5. The molecule has 86 valence electrons. The molecule has 0 atom stereocenters. The Morgan fingerprint density at radius 2 is 2.06 bits per heavy atom. The second-order valence-electron chi connectivity index (χ2n) is 3.62. The molecule has 0 bridgehead atoms. The van der Waals surface area contributed by atoms with Gasteiger partial charge in [-0.25, -0.2) is 4.79 Å². The van der Waals surface area contributed by atoms with Gasteiger partial charge in [0.2, 0.25) is 0 Å². The lowest BCUT2D eigenvalue weighted by Gasteiger charge is -2.03. The number of aromatic amines is 1. The second-order valence-corrected chi connectivity index (χ2v) is 3.62. The van der Waals surface area contributed by atoms with Crippen molar-refractivity contribution in [2.75, 3.05) is 0 Å². The molecule has 0 radical (unpaired) electrons. The van der Waals surface area contributed by atoms with E-state index in [0.717, 1.165) is 11.1 Å². The van der Waals surface area contributed by atoms with Gasteiger partial charge < -0.3 is 9.72 Å². The molecule has 0 unspecified atom stereocenters. The van der Waals surface area contributed by atoms with E-state index in [1.807, 2.05) is 24.3 Å². The Hall–Kier alpha value is -2.29. The summed E-state index contributed by atoms with van der Waals surface area (Å²) in [4.78, 5) is 14.4. The molecule has 3 nitrogen and oxygen atoms in total. The Bertz CT molecular complexity index is 498. The van der Waals surface area contributed by atoms with Crippen molar-refractivity contribution in [1.29, 1.82) is 0 Å². The van der Waals surface area contributed by atoms with E-state index < -0.39 is 0 Å². The van der Waals surface area contributed by atoms with E-state index >= 15 is 0 Å². The number of carbonyl (C=O) groups is 1. The summed E-state index contributed by atoms with van der Waals surface area (Å²) in [7, 11) is 0. The van der Waals surface area contributed by atoms with Crippen molar-refractivity contribution >= 4 is 12.0 Å². The lowest BCUT2D eigenvalue weighted by atomic mass is 10.1. The molecular weight excluding hydrogens is 214 g/mol. The standard InChI is InChI=1S/C14H13NO2/c1-2-11-3-5-12(6-4-11)10-17-14(16)13-7-8-15-9-13/h2-9,15H,1,10H2. The Labute approximate surface area is 99.7 Å². The predicted molar refractivity (Wildman–Crippen MR) is 66.4 cm³/mol. The van der Waals surface area contributed by atoms with Crippen LogP contribution in [0.4, 0.5) is 0 Å². The molecule has 0 saturated carbocycles. The van der Waals surface area contributed by atoms with Crippen molar-refractivity contribution in [3.8, 4) is 0 Å². The van der Waals surface area contributed by atoms with Gasteiger partial charge in [0.1, 0.15) is 6.61 Å². The lowest BCUT2D eigenvalue weighted by molar-refractivity contribution is 0.0473. The Morgan fingerprint density at radius 1 is 1.29 bits per heavy atom. The number of carbonyl (C=O) groups excluding carboxylic acids is 1. The average Bonchev–Trinajstić information content (AvgIpc) is 2.90. The summed E-state index contributed by atoms with van der Waals surface area (Å²) in [5.74, 6) is -0.320. The number of ether oxygens (including phenoxy) is 1. The second kappa shape index (κ2) is 5.16. The summed E-state index contributed by atoms with van der Waals surface area (Å²) in [5, 5.41) is 0. The van der Waals surface area contributed by atoms with Crippen LogP contribution in [0.1, 0.15) is 21.5 Å². The first-order chi connectivity index (χ1) is 8.29. The third-order valence-electron chi connectivity index (χ3n) is 2.42. The number of hydrogen-bond acceptors (Lipinski definition) is 2. The molecule has 2 rings (SSSR count). The van der Waals surface area contributed by atoms with Gasteiger partial charge >= 0.3 is 5.97 Å². The maximum atomic E-state index is 11.5. The van der Waals surface area contributed by atoms with Crippen LogP contribution in [-0.2, 0) is 11.3 Å². The zero-order chi connectivity index (χ0) is 12.1. The normalized spacial score (nSPS) is 9.88. The fourth-order valence-corrected chi connectivity index (χ4v) is 1.43. The van der Waals surface area contributed by atoms with Gasteiger partial charge in [-0.15, -0.1) is 0 Å². The molecule has 0 spiro atoms. The van der Waals surface area contributed by atoms with E-state index in [1.165, 1.54) is 0 Å². The summed E-state index contributed by atoms with van der Waals surface area (Å²) in [6.07, 6.45) is 5.08. The highest BCUT2D eigenvalue weighted by Crippen LogP contribution is 2.08. The SMILES string of the molecule is C=Cc1ccc(COC(=O)c2cc[nH]c2)cc1. The van der Waals surface area contributed by atoms with Gasteiger partial charge in [0.25, 0.3) is 0 Å². The molecule has 1 N–H and O–H groups in total. The zero-order valence-corrected chi connectivity index (χ0v) is 9.35. The molecule has 0 aliphatic heterocycles. The maximum Gasteiger partial charge on any atom is 0.340 e. The van der Waals surface area contributed by atoms with Crippen molar-refractivity contribution < 1.29 is 9.53 Å². The number of H-pyrrole nitrogens is 1. The van der Waals surface area contributed by atoms with Gasteiger partial charge in [-0.05, 0) is 17.2 Å². The van der Waals surface area contributed by atoms with Gasteiger partial charge in [0.15, 0.2) is 0 Å². The van der Waals surface area contributed by atoms with Gasteiger partial charge in [0.05, 0.1) is 5.56 Å². The maximum absolute atomic E-state index is 11.5. The van der Waals surface area contributed by atoms with Gasteiger partial charge in [-0.1, -0.05) is 36.9 Å². The van der Waals surface area contributed by atoms with E-state index in [1.54, 1.807) is 24.5 Å². The first kappa shape index (κ1) is 11.2. The van der Waals surface area contributed by atoms with E-state index in [-0.39, 0.29) is 12.6 Å². The quantitative estimate of drug-likeness (QED) is 0.816. The summed E-state index contributed by atoms with van der Waals surface area (Å²) in [6.45, 7) is 3.96. The molecule has 0 aliphatic carbocycles. The van der Waals surface area contributed by atoms with E-state index in [9.17, 15) is 4.79 Å². The van der Waals surface area contributed by atoms with Crippen LogP contribution < -0.4 is 0 Å². The van der Waals surface area contributed by atoms with Crippen LogP contribution in [-0.4, -0.2) is 11.0 Å². The monoisotopic (exact) mass is 227 g/mol. The molecule has 3 heteroatoms. The summed E-state index contributed by atoms with van der Waals surface area (Å²) in [5.41, 5.74) is 2.54. The highest BCUT2D eigenvalue weighted by Gasteiger charge is 2.06. The van der Waals surface area contributed by atoms with Crippen LogP contribution in [0.2, 0.25) is 0 Å². The number of hydrogen-bond donors (Lipinski definition) is 1.